The predicted molar refractivity (Wildman–Crippen MR) is 157 cm³/mol. The third kappa shape index (κ3) is 7.63. The van der Waals surface area contributed by atoms with Crippen LogP contribution in [0, 0.1) is 25.2 Å². The fourth-order valence-electron chi connectivity index (χ4n) is 4.43. The standard InChI is InChI=1S/C33H30F3N3O4/c1-20-6-7-23(21(2)16-20)19-39-29(17-28(33(34,35)36)27(18-37)30(39)40)22-8-12-25(13-9-22)42-26-14-10-24(11-15-26)38-31(41)43-32(3,4)5/h6-17H,19H2,1-5H3,(H,38,41). The summed E-state index contributed by atoms with van der Waals surface area (Å²) in [6.07, 6.45) is -5.49. The second-order valence-electron chi connectivity index (χ2n) is 11.0. The van der Waals surface area contributed by atoms with Gasteiger partial charge in [-0.15, -0.1) is 0 Å². The molecule has 1 amide bonds. The Kier molecular flexibility index (Phi) is 8.67. The Labute approximate surface area is 247 Å². The molecule has 43 heavy (non-hydrogen) atoms. The van der Waals surface area contributed by atoms with Gasteiger partial charge in [-0.25, -0.2) is 4.79 Å². The lowest BCUT2D eigenvalue weighted by atomic mass is 10.0. The molecule has 0 spiro atoms. The van der Waals surface area contributed by atoms with Crippen molar-refractivity contribution < 1.29 is 27.4 Å². The molecule has 0 unspecified atom stereocenters. The van der Waals surface area contributed by atoms with E-state index in [4.69, 9.17) is 9.47 Å². The summed E-state index contributed by atoms with van der Waals surface area (Å²) in [5.41, 5.74) is -0.440. The van der Waals surface area contributed by atoms with Crippen LogP contribution in [0.4, 0.5) is 23.7 Å². The number of nitrogens with zero attached hydrogens (tertiary/aromatic N) is 2. The van der Waals surface area contributed by atoms with E-state index in [1.807, 2.05) is 32.0 Å². The van der Waals surface area contributed by atoms with E-state index in [1.54, 1.807) is 69.3 Å². The molecule has 222 valence electrons. The molecule has 0 aliphatic rings. The van der Waals surface area contributed by atoms with Crippen LogP contribution in [0.3, 0.4) is 0 Å². The number of hydrogen-bond donors (Lipinski definition) is 1. The van der Waals surface area contributed by atoms with Gasteiger partial charge < -0.3 is 14.0 Å². The second kappa shape index (κ2) is 12.1. The van der Waals surface area contributed by atoms with Gasteiger partial charge in [0.15, 0.2) is 0 Å². The largest absolute Gasteiger partial charge is 0.457 e. The molecular weight excluding hydrogens is 559 g/mol. The Morgan fingerprint density at radius 1 is 0.930 bits per heavy atom. The SMILES string of the molecule is Cc1ccc(Cn2c(-c3ccc(Oc4ccc(NC(=O)OC(C)(C)C)cc4)cc3)cc(C(F)(F)F)c(C#N)c2=O)c(C)c1. The van der Waals surface area contributed by atoms with Crippen LogP contribution in [0.5, 0.6) is 11.5 Å². The second-order valence-corrected chi connectivity index (χ2v) is 11.0. The maximum atomic E-state index is 13.9. The molecule has 3 aromatic carbocycles. The number of nitriles is 1. The summed E-state index contributed by atoms with van der Waals surface area (Å²) in [6.45, 7) is 9.03. The van der Waals surface area contributed by atoms with E-state index >= 15 is 0 Å². The predicted octanol–water partition coefficient (Wildman–Crippen LogP) is 8.21. The first-order valence-corrected chi connectivity index (χ1v) is 13.3. The number of anilines is 1. The highest BCUT2D eigenvalue weighted by Gasteiger charge is 2.36. The van der Waals surface area contributed by atoms with Gasteiger partial charge in [0, 0.05) is 5.69 Å². The van der Waals surface area contributed by atoms with E-state index in [0.29, 0.717) is 22.7 Å². The van der Waals surface area contributed by atoms with Gasteiger partial charge in [0.1, 0.15) is 28.7 Å². The van der Waals surface area contributed by atoms with Gasteiger partial charge >= 0.3 is 12.3 Å². The van der Waals surface area contributed by atoms with Gasteiger partial charge in [0.25, 0.3) is 5.56 Å². The molecule has 0 saturated heterocycles. The molecule has 0 atom stereocenters. The van der Waals surface area contributed by atoms with Crippen LogP contribution in [0.1, 0.15) is 48.6 Å². The fraction of sp³-hybridized carbons (Fsp3) is 0.242. The van der Waals surface area contributed by atoms with Gasteiger partial charge in [0.05, 0.1) is 17.8 Å². The van der Waals surface area contributed by atoms with Crippen LogP contribution in [0.2, 0.25) is 0 Å². The minimum absolute atomic E-state index is 0.0143. The van der Waals surface area contributed by atoms with Gasteiger partial charge in [-0.05, 0) is 106 Å². The van der Waals surface area contributed by atoms with Crippen molar-refractivity contribution in [3.63, 3.8) is 0 Å². The number of halogens is 3. The average molecular weight is 590 g/mol. The monoisotopic (exact) mass is 589 g/mol. The molecule has 0 radical (unpaired) electrons. The van der Waals surface area contributed by atoms with Crippen molar-refractivity contribution in [2.24, 2.45) is 0 Å². The van der Waals surface area contributed by atoms with Gasteiger partial charge in [-0.3, -0.25) is 10.1 Å². The Hall–Kier alpha value is -5.04. The molecule has 0 fully saturated rings. The molecule has 1 heterocycles. The number of alkyl halides is 3. The Bertz CT molecular complexity index is 1750. The van der Waals surface area contributed by atoms with E-state index in [2.05, 4.69) is 5.32 Å². The number of nitrogens with one attached hydrogen (secondary N) is 1. The molecule has 4 rings (SSSR count). The molecule has 4 aromatic rings. The number of amides is 1. The molecular formula is C33H30F3N3O4. The van der Waals surface area contributed by atoms with Crippen LogP contribution in [0.25, 0.3) is 11.3 Å². The van der Waals surface area contributed by atoms with Crippen LogP contribution in [-0.4, -0.2) is 16.3 Å². The normalized spacial score (nSPS) is 11.5. The Balaban J connectivity index is 1.64. The van der Waals surface area contributed by atoms with Crippen molar-refractivity contribution in [1.82, 2.24) is 4.57 Å². The molecule has 0 bridgehead atoms. The summed E-state index contributed by atoms with van der Waals surface area (Å²) in [4.78, 5) is 25.3. The first-order chi connectivity index (χ1) is 20.1. The van der Waals surface area contributed by atoms with E-state index in [0.717, 1.165) is 22.8 Å². The van der Waals surface area contributed by atoms with E-state index in [1.165, 1.54) is 10.6 Å². The smallest absolute Gasteiger partial charge is 0.417 e. The summed E-state index contributed by atoms with van der Waals surface area (Å²) in [7, 11) is 0. The highest BCUT2D eigenvalue weighted by molar-refractivity contribution is 5.84. The van der Waals surface area contributed by atoms with Crippen molar-refractivity contribution in [1.29, 1.82) is 5.26 Å². The van der Waals surface area contributed by atoms with E-state index < -0.39 is 34.6 Å². The average Bonchev–Trinajstić information content (AvgIpc) is 2.91. The van der Waals surface area contributed by atoms with Crippen molar-refractivity contribution in [2.45, 2.75) is 52.9 Å². The van der Waals surface area contributed by atoms with Crippen LogP contribution in [-0.2, 0) is 17.5 Å². The Morgan fingerprint density at radius 3 is 2.07 bits per heavy atom. The number of rotatable bonds is 6. The summed E-state index contributed by atoms with van der Waals surface area (Å²) in [5, 5.41) is 12.1. The first-order valence-electron chi connectivity index (χ1n) is 13.3. The van der Waals surface area contributed by atoms with Crippen LogP contribution < -0.4 is 15.6 Å². The van der Waals surface area contributed by atoms with E-state index in [9.17, 15) is 28.0 Å². The lowest BCUT2D eigenvalue weighted by Gasteiger charge is -2.19. The van der Waals surface area contributed by atoms with Gasteiger partial charge in [-0.2, -0.15) is 18.4 Å². The number of pyridine rings is 1. The molecule has 0 aliphatic carbocycles. The molecule has 1 N–H and O–H groups in total. The number of aromatic nitrogens is 1. The number of carbonyl (C=O) groups is 1. The maximum absolute atomic E-state index is 13.9. The molecule has 10 heteroatoms. The van der Waals surface area contributed by atoms with Crippen molar-refractivity contribution in [3.8, 4) is 28.8 Å². The van der Waals surface area contributed by atoms with E-state index in [-0.39, 0.29) is 12.2 Å². The van der Waals surface area contributed by atoms with Crippen molar-refractivity contribution >= 4 is 11.8 Å². The number of aryl methyl sites for hydroxylation is 2. The maximum Gasteiger partial charge on any atom is 0.417 e. The summed E-state index contributed by atoms with van der Waals surface area (Å²) in [6, 6.07) is 20.7. The first kappa shape index (κ1) is 30.9. The molecule has 0 aliphatic heterocycles. The number of hydrogen-bond acceptors (Lipinski definition) is 5. The zero-order valence-electron chi connectivity index (χ0n) is 24.3. The highest BCUT2D eigenvalue weighted by Crippen LogP contribution is 2.34. The molecule has 7 nitrogen and oxygen atoms in total. The van der Waals surface area contributed by atoms with Gasteiger partial charge in [0.2, 0.25) is 0 Å². The summed E-state index contributed by atoms with van der Waals surface area (Å²) >= 11 is 0. The van der Waals surface area contributed by atoms with Crippen LogP contribution in [0.15, 0.2) is 77.6 Å². The number of ether oxygens (including phenoxy) is 2. The molecule has 1 aromatic heterocycles. The lowest BCUT2D eigenvalue weighted by molar-refractivity contribution is -0.137. The lowest BCUT2D eigenvalue weighted by Crippen LogP contribution is -2.29. The topological polar surface area (TPSA) is 93.3 Å². The van der Waals surface area contributed by atoms with Gasteiger partial charge in [-0.1, -0.05) is 23.8 Å². The van der Waals surface area contributed by atoms with Crippen LogP contribution >= 0.6 is 0 Å². The Morgan fingerprint density at radius 2 is 1.53 bits per heavy atom. The number of benzene rings is 3. The van der Waals surface area contributed by atoms with Crippen molar-refractivity contribution in [3.05, 3.63) is 111 Å². The number of carbonyl (C=O) groups excluding carboxylic acids is 1. The summed E-state index contributed by atoms with van der Waals surface area (Å²) in [5.74, 6) is 0.844. The fourth-order valence-corrected chi connectivity index (χ4v) is 4.43. The van der Waals surface area contributed by atoms with Crippen molar-refractivity contribution in [2.75, 3.05) is 5.32 Å². The zero-order chi connectivity index (χ0) is 31.5. The summed E-state index contributed by atoms with van der Waals surface area (Å²) < 4.78 is 54.0. The molecule has 0 saturated carbocycles. The third-order valence-corrected chi connectivity index (χ3v) is 6.43. The minimum Gasteiger partial charge on any atom is -0.457 e. The zero-order valence-corrected chi connectivity index (χ0v) is 24.3. The minimum atomic E-state index is -4.90. The highest BCUT2D eigenvalue weighted by atomic mass is 19.4. The third-order valence-electron chi connectivity index (χ3n) is 6.43. The quantitative estimate of drug-likeness (QED) is 0.245.